The molecule has 0 aliphatic carbocycles. The molecule has 39 heavy (non-hydrogen) atoms. The fourth-order valence-corrected chi connectivity index (χ4v) is 3.06. The van der Waals surface area contributed by atoms with Crippen LogP contribution in [0.5, 0.6) is 11.5 Å². The summed E-state index contributed by atoms with van der Waals surface area (Å²) in [7, 11) is 0. The molecular formula is C30H47NO8. The average Bonchev–Trinajstić information content (AvgIpc) is 2.87. The fourth-order valence-electron chi connectivity index (χ4n) is 3.06. The molecule has 6 atom stereocenters. The number of esters is 4. The molecule has 9 nitrogen and oxygen atoms in total. The van der Waals surface area contributed by atoms with Crippen molar-refractivity contribution < 1.29 is 38.1 Å². The molecule has 9 heteroatoms. The van der Waals surface area contributed by atoms with Gasteiger partial charge < -0.3 is 24.7 Å². The maximum atomic E-state index is 12.7. The highest BCUT2D eigenvalue weighted by Crippen LogP contribution is 2.31. The number of carbonyl (C=O) groups excluding carboxylic acids is 4. The van der Waals surface area contributed by atoms with Crippen LogP contribution < -0.4 is 15.2 Å². The summed E-state index contributed by atoms with van der Waals surface area (Å²) in [5, 5.41) is 0. The van der Waals surface area contributed by atoms with Crippen LogP contribution in [0, 0.1) is 29.6 Å². The minimum atomic E-state index is -1.03. The molecule has 0 aliphatic rings. The number of carbonyl (C=O) groups is 4. The Morgan fingerprint density at radius 1 is 0.692 bits per heavy atom. The molecule has 0 aliphatic heterocycles. The zero-order chi connectivity index (χ0) is 30.0. The van der Waals surface area contributed by atoms with Crippen molar-refractivity contribution in [3.63, 3.8) is 0 Å². The van der Waals surface area contributed by atoms with Gasteiger partial charge >= 0.3 is 23.9 Å². The quantitative estimate of drug-likeness (QED) is 0.255. The van der Waals surface area contributed by atoms with Crippen molar-refractivity contribution in [1.82, 2.24) is 0 Å². The highest BCUT2D eigenvalue weighted by atomic mass is 16.6. The number of ether oxygens (including phenoxy) is 4. The van der Waals surface area contributed by atoms with Crippen molar-refractivity contribution >= 4 is 23.9 Å². The topological polar surface area (TPSA) is 131 Å². The van der Waals surface area contributed by atoms with Gasteiger partial charge in [0.1, 0.15) is 18.2 Å². The van der Waals surface area contributed by atoms with Crippen molar-refractivity contribution in [2.75, 3.05) is 0 Å². The van der Waals surface area contributed by atoms with Crippen LogP contribution in [0.3, 0.4) is 0 Å². The zero-order valence-electron chi connectivity index (χ0n) is 25.1. The van der Waals surface area contributed by atoms with Crippen molar-refractivity contribution in [3.05, 3.63) is 23.8 Å². The summed E-state index contributed by atoms with van der Waals surface area (Å²) in [5.41, 5.74) is 6.71. The second-order valence-electron chi connectivity index (χ2n) is 11.1. The van der Waals surface area contributed by atoms with Crippen LogP contribution in [0.4, 0.5) is 0 Å². The summed E-state index contributed by atoms with van der Waals surface area (Å²) >= 11 is 0. The molecule has 4 unspecified atom stereocenters. The highest BCUT2D eigenvalue weighted by Gasteiger charge is 2.27. The van der Waals surface area contributed by atoms with Crippen LogP contribution in [-0.4, -0.2) is 42.1 Å². The monoisotopic (exact) mass is 549 g/mol. The summed E-state index contributed by atoms with van der Waals surface area (Å²) < 4.78 is 22.0. The van der Waals surface area contributed by atoms with Crippen LogP contribution in [0.2, 0.25) is 0 Å². The molecule has 0 amide bonds. The van der Waals surface area contributed by atoms with E-state index in [9.17, 15) is 19.2 Å². The zero-order valence-corrected chi connectivity index (χ0v) is 25.1. The summed E-state index contributed by atoms with van der Waals surface area (Å²) in [5.74, 6) is -2.62. The smallest absolute Gasteiger partial charge is 0.323 e. The lowest BCUT2D eigenvalue weighted by Gasteiger charge is -2.23. The standard InChI is InChI=1S/C30H47NO8/c1-11-18(6)27(32)36-21(9)22(10)37-30(35)24(31)14-23-12-13-25(38-28(33)19(7)16(2)3)26(15-23)39-29(34)20(8)17(4)5/h12-13,15-22,24H,11,14,31H2,1-10H3/t18?,19?,20?,21?,22-,24-/m0/s1. The van der Waals surface area contributed by atoms with E-state index >= 15 is 0 Å². The van der Waals surface area contributed by atoms with Gasteiger partial charge in [0.25, 0.3) is 0 Å². The van der Waals surface area contributed by atoms with E-state index in [1.165, 1.54) is 6.07 Å². The number of hydrogen-bond donors (Lipinski definition) is 1. The van der Waals surface area contributed by atoms with Gasteiger partial charge in [0.05, 0.1) is 17.8 Å². The Kier molecular flexibility index (Phi) is 13.6. The van der Waals surface area contributed by atoms with Crippen LogP contribution in [0.1, 0.15) is 81.2 Å². The van der Waals surface area contributed by atoms with Crippen LogP contribution in [0.15, 0.2) is 18.2 Å². The van der Waals surface area contributed by atoms with Gasteiger partial charge in [-0.05, 0) is 56.2 Å². The van der Waals surface area contributed by atoms with Crippen molar-refractivity contribution in [1.29, 1.82) is 0 Å². The van der Waals surface area contributed by atoms with E-state index in [0.29, 0.717) is 12.0 Å². The molecule has 0 bridgehead atoms. The molecule has 1 aromatic carbocycles. The summed E-state index contributed by atoms with van der Waals surface area (Å²) in [6.07, 6.45) is -0.616. The van der Waals surface area contributed by atoms with Gasteiger partial charge in [-0.15, -0.1) is 0 Å². The summed E-state index contributed by atoms with van der Waals surface area (Å²) in [6.45, 7) is 18.1. The van der Waals surface area contributed by atoms with Crippen LogP contribution in [-0.2, 0) is 35.1 Å². The molecule has 0 radical (unpaired) electrons. The third kappa shape index (κ3) is 10.6. The predicted octanol–water partition coefficient (Wildman–Crippen LogP) is 4.86. The molecule has 0 saturated carbocycles. The van der Waals surface area contributed by atoms with E-state index in [4.69, 9.17) is 24.7 Å². The molecule has 1 rings (SSSR count). The molecule has 0 saturated heterocycles. The normalized spacial score (nSPS) is 16.0. The molecule has 0 aromatic heterocycles. The van der Waals surface area contributed by atoms with Gasteiger partial charge in [-0.25, -0.2) is 0 Å². The third-order valence-corrected chi connectivity index (χ3v) is 7.21. The van der Waals surface area contributed by atoms with Gasteiger partial charge in [0.15, 0.2) is 11.5 Å². The van der Waals surface area contributed by atoms with Crippen LogP contribution in [0.25, 0.3) is 0 Å². The lowest BCUT2D eigenvalue weighted by atomic mass is 9.98. The largest absolute Gasteiger partial charge is 0.459 e. The maximum absolute atomic E-state index is 12.7. The second-order valence-corrected chi connectivity index (χ2v) is 11.1. The van der Waals surface area contributed by atoms with Crippen molar-refractivity contribution in [3.8, 4) is 11.5 Å². The Balaban J connectivity index is 3.04. The molecule has 2 N–H and O–H groups in total. The Labute approximate surface area is 233 Å². The fraction of sp³-hybridized carbons (Fsp3) is 0.667. The lowest BCUT2D eigenvalue weighted by molar-refractivity contribution is -0.168. The summed E-state index contributed by atoms with van der Waals surface area (Å²) in [4.78, 5) is 50.0. The van der Waals surface area contributed by atoms with Crippen LogP contribution >= 0.6 is 0 Å². The van der Waals surface area contributed by atoms with E-state index in [2.05, 4.69) is 0 Å². The van der Waals surface area contributed by atoms with E-state index in [1.54, 1.807) is 46.8 Å². The lowest BCUT2D eigenvalue weighted by Crippen LogP contribution is -2.40. The minimum absolute atomic E-state index is 0.0460. The number of nitrogens with two attached hydrogens (primary N) is 1. The van der Waals surface area contributed by atoms with Gasteiger partial charge in [0.2, 0.25) is 0 Å². The molecule has 0 fully saturated rings. The Hall–Kier alpha value is -2.94. The van der Waals surface area contributed by atoms with Crippen molar-refractivity contribution in [2.24, 2.45) is 35.3 Å². The van der Waals surface area contributed by atoms with Gasteiger partial charge in [-0.1, -0.05) is 61.5 Å². The second kappa shape index (κ2) is 15.6. The SMILES string of the molecule is CCC(C)C(=O)OC(C)[C@H](C)OC(=O)[C@@H](N)Cc1ccc(OC(=O)C(C)C(C)C)c(OC(=O)C(C)C(C)C)c1. The van der Waals surface area contributed by atoms with E-state index in [-0.39, 0.29) is 53.5 Å². The Bertz CT molecular complexity index is 989. The first-order valence-corrected chi connectivity index (χ1v) is 13.8. The number of benzene rings is 1. The molecule has 1 aromatic rings. The molecular weight excluding hydrogens is 502 g/mol. The van der Waals surface area contributed by atoms with Crippen molar-refractivity contribution in [2.45, 2.75) is 100 Å². The molecule has 0 heterocycles. The highest BCUT2D eigenvalue weighted by molar-refractivity contribution is 5.79. The number of hydrogen-bond acceptors (Lipinski definition) is 9. The van der Waals surface area contributed by atoms with Gasteiger partial charge in [-0.3, -0.25) is 19.2 Å². The maximum Gasteiger partial charge on any atom is 0.323 e. The molecule has 0 spiro atoms. The Morgan fingerprint density at radius 3 is 1.62 bits per heavy atom. The Morgan fingerprint density at radius 2 is 1.15 bits per heavy atom. The predicted molar refractivity (Wildman–Crippen MR) is 148 cm³/mol. The molecule has 220 valence electrons. The number of rotatable bonds is 14. The van der Waals surface area contributed by atoms with E-state index in [1.807, 2.05) is 34.6 Å². The van der Waals surface area contributed by atoms with E-state index in [0.717, 1.165) is 0 Å². The average molecular weight is 550 g/mol. The van der Waals surface area contributed by atoms with Gasteiger partial charge in [-0.2, -0.15) is 0 Å². The first-order valence-electron chi connectivity index (χ1n) is 13.8. The minimum Gasteiger partial charge on any atom is -0.459 e. The summed E-state index contributed by atoms with van der Waals surface area (Å²) in [6, 6.07) is 3.69. The third-order valence-electron chi connectivity index (χ3n) is 7.21. The van der Waals surface area contributed by atoms with E-state index < -0.39 is 36.2 Å². The first kappa shape index (κ1) is 34.1. The van der Waals surface area contributed by atoms with Gasteiger partial charge in [0, 0.05) is 0 Å². The first-order chi connectivity index (χ1) is 18.1.